The van der Waals surface area contributed by atoms with Crippen LogP contribution in [0, 0.1) is 11.3 Å². The number of carboxylic acid groups (broad SMARTS) is 1. The maximum Gasteiger partial charge on any atom is 0.346 e. The summed E-state index contributed by atoms with van der Waals surface area (Å²) in [6.07, 6.45) is 1.37. The van der Waals surface area contributed by atoms with Crippen molar-refractivity contribution in [3.8, 4) is 6.07 Å². The largest absolute Gasteiger partial charge is 0.477 e. The molecule has 0 aliphatic rings. The molecule has 0 aromatic heterocycles. The zero-order valence-corrected chi connectivity index (χ0v) is 9.27. The molecule has 16 heavy (non-hydrogen) atoms. The highest BCUT2D eigenvalue weighted by atomic mass is 16.4. The van der Waals surface area contributed by atoms with Crippen molar-refractivity contribution >= 4 is 12.0 Å². The van der Waals surface area contributed by atoms with E-state index in [1.54, 1.807) is 6.07 Å². The van der Waals surface area contributed by atoms with Crippen LogP contribution in [0.3, 0.4) is 0 Å². The second-order valence-electron chi connectivity index (χ2n) is 3.80. The highest BCUT2D eigenvalue weighted by molar-refractivity contribution is 5.96. The van der Waals surface area contributed by atoms with Gasteiger partial charge in [0.2, 0.25) is 0 Å². The van der Waals surface area contributed by atoms with E-state index in [1.807, 2.05) is 24.3 Å². The van der Waals surface area contributed by atoms with Gasteiger partial charge in [-0.1, -0.05) is 38.1 Å². The summed E-state index contributed by atoms with van der Waals surface area (Å²) in [4.78, 5) is 10.6. The Morgan fingerprint density at radius 1 is 1.38 bits per heavy atom. The molecule has 0 fully saturated rings. The van der Waals surface area contributed by atoms with E-state index in [0.29, 0.717) is 5.92 Å². The van der Waals surface area contributed by atoms with Crippen LogP contribution in [0.5, 0.6) is 0 Å². The molecule has 0 saturated carbocycles. The fourth-order valence-corrected chi connectivity index (χ4v) is 1.29. The summed E-state index contributed by atoms with van der Waals surface area (Å²) in [6.45, 7) is 4.17. The Labute approximate surface area is 94.6 Å². The Morgan fingerprint density at radius 2 is 1.94 bits per heavy atom. The van der Waals surface area contributed by atoms with Gasteiger partial charge in [0.25, 0.3) is 0 Å². The van der Waals surface area contributed by atoms with Gasteiger partial charge in [-0.3, -0.25) is 0 Å². The minimum atomic E-state index is -1.20. The van der Waals surface area contributed by atoms with E-state index >= 15 is 0 Å². The average molecular weight is 215 g/mol. The zero-order chi connectivity index (χ0) is 12.1. The van der Waals surface area contributed by atoms with E-state index in [2.05, 4.69) is 13.8 Å². The first-order valence-corrected chi connectivity index (χ1v) is 4.99. The van der Waals surface area contributed by atoms with Crippen LogP contribution in [0.4, 0.5) is 0 Å². The lowest BCUT2D eigenvalue weighted by Gasteiger charge is -2.04. The van der Waals surface area contributed by atoms with Gasteiger partial charge in [0.15, 0.2) is 0 Å². The van der Waals surface area contributed by atoms with E-state index in [9.17, 15) is 4.79 Å². The van der Waals surface area contributed by atoms with Gasteiger partial charge in [-0.2, -0.15) is 5.26 Å². The topological polar surface area (TPSA) is 61.1 Å². The minimum absolute atomic E-state index is 0.253. The van der Waals surface area contributed by atoms with E-state index in [1.165, 1.54) is 11.6 Å². The van der Waals surface area contributed by atoms with Gasteiger partial charge in [0.05, 0.1) is 0 Å². The van der Waals surface area contributed by atoms with Gasteiger partial charge in [-0.05, 0) is 23.1 Å². The van der Waals surface area contributed by atoms with Crippen molar-refractivity contribution in [2.45, 2.75) is 19.8 Å². The molecule has 0 atom stereocenters. The standard InChI is InChI=1S/C13H13NO2/c1-9(2)11-5-3-10(4-6-11)7-12(8-14)13(15)16/h3-7,9H,1-2H3,(H,15,16)/b12-7+. The van der Waals surface area contributed by atoms with Gasteiger partial charge >= 0.3 is 5.97 Å². The predicted octanol–water partition coefficient (Wildman–Crippen LogP) is 2.80. The highest BCUT2D eigenvalue weighted by Crippen LogP contribution is 2.16. The number of carbonyl (C=O) groups is 1. The van der Waals surface area contributed by atoms with Crippen LogP contribution in [0.2, 0.25) is 0 Å². The molecule has 0 aliphatic carbocycles. The molecule has 0 bridgehead atoms. The molecule has 3 heteroatoms. The lowest BCUT2D eigenvalue weighted by Crippen LogP contribution is -1.97. The molecule has 0 aliphatic heterocycles. The first-order chi connectivity index (χ1) is 7.54. The van der Waals surface area contributed by atoms with Crippen molar-refractivity contribution in [1.29, 1.82) is 5.26 Å². The third kappa shape index (κ3) is 2.96. The second-order valence-corrected chi connectivity index (χ2v) is 3.80. The van der Waals surface area contributed by atoms with Crippen LogP contribution in [-0.4, -0.2) is 11.1 Å². The number of hydrogen-bond donors (Lipinski definition) is 1. The smallest absolute Gasteiger partial charge is 0.346 e. The third-order valence-electron chi connectivity index (χ3n) is 2.26. The molecule has 82 valence electrons. The third-order valence-corrected chi connectivity index (χ3v) is 2.26. The summed E-state index contributed by atoms with van der Waals surface area (Å²) >= 11 is 0. The number of nitriles is 1. The van der Waals surface area contributed by atoms with Crippen LogP contribution in [-0.2, 0) is 4.79 Å². The molecule has 0 saturated heterocycles. The molecular weight excluding hydrogens is 202 g/mol. The molecule has 3 nitrogen and oxygen atoms in total. The molecule has 0 heterocycles. The van der Waals surface area contributed by atoms with Crippen molar-refractivity contribution in [2.75, 3.05) is 0 Å². The average Bonchev–Trinajstić information content (AvgIpc) is 2.26. The lowest BCUT2D eigenvalue weighted by molar-refractivity contribution is -0.132. The number of carboxylic acids is 1. The summed E-state index contributed by atoms with van der Waals surface area (Å²) in [5.74, 6) is -0.761. The van der Waals surface area contributed by atoms with Crippen molar-refractivity contribution in [3.63, 3.8) is 0 Å². The maximum absolute atomic E-state index is 10.6. The summed E-state index contributed by atoms with van der Waals surface area (Å²) in [5.41, 5.74) is 1.66. The number of hydrogen-bond acceptors (Lipinski definition) is 2. The highest BCUT2D eigenvalue weighted by Gasteiger charge is 2.05. The van der Waals surface area contributed by atoms with Crippen LogP contribution in [0.1, 0.15) is 30.9 Å². The van der Waals surface area contributed by atoms with E-state index in [-0.39, 0.29) is 5.57 Å². The van der Waals surface area contributed by atoms with E-state index < -0.39 is 5.97 Å². The first-order valence-electron chi connectivity index (χ1n) is 4.99. The van der Waals surface area contributed by atoms with Gasteiger partial charge in [0, 0.05) is 0 Å². The van der Waals surface area contributed by atoms with Gasteiger partial charge in [0.1, 0.15) is 11.6 Å². The fourth-order valence-electron chi connectivity index (χ4n) is 1.29. The predicted molar refractivity (Wildman–Crippen MR) is 61.8 cm³/mol. The van der Waals surface area contributed by atoms with Crippen LogP contribution >= 0.6 is 0 Å². The summed E-state index contributed by atoms with van der Waals surface area (Å²) in [7, 11) is 0. The van der Waals surface area contributed by atoms with E-state index in [0.717, 1.165) is 5.56 Å². The Bertz CT molecular complexity index is 450. The molecule has 0 amide bonds. The molecular formula is C13H13NO2. The first kappa shape index (κ1) is 12.0. The Balaban J connectivity index is 3.00. The lowest BCUT2D eigenvalue weighted by atomic mass is 10.0. The number of nitrogens with zero attached hydrogens (tertiary/aromatic N) is 1. The molecule has 1 N–H and O–H groups in total. The Morgan fingerprint density at radius 3 is 2.31 bits per heavy atom. The van der Waals surface area contributed by atoms with Crippen molar-refractivity contribution in [1.82, 2.24) is 0 Å². The Kier molecular flexibility index (Phi) is 3.84. The molecule has 0 unspecified atom stereocenters. The van der Waals surface area contributed by atoms with Crippen molar-refractivity contribution in [2.24, 2.45) is 0 Å². The molecule has 1 rings (SSSR count). The van der Waals surface area contributed by atoms with Gasteiger partial charge in [-0.25, -0.2) is 4.79 Å². The summed E-state index contributed by atoms with van der Waals surface area (Å²) in [6, 6.07) is 9.15. The normalized spacial score (nSPS) is 11.2. The number of aliphatic carboxylic acids is 1. The number of benzene rings is 1. The SMILES string of the molecule is CC(C)c1ccc(/C=C(\C#N)C(=O)O)cc1. The minimum Gasteiger partial charge on any atom is -0.477 e. The monoisotopic (exact) mass is 215 g/mol. The summed E-state index contributed by atoms with van der Waals surface area (Å²) in [5, 5.41) is 17.3. The van der Waals surface area contributed by atoms with E-state index in [4.69, 9.17) is 10.4 Å². The van der Waals surface area contributed by atoms with Crippen LogP contribution in [0.15, 0.2) is 29.8 Å². The van der Waals surface area contributed by atoms with Gasteiger partial charge < -0.3 is 5.11 Å². The van der Waals surface area contributed by atoms with Gasteiger partial charge in [-0.15, -0.1) is 0 Å². The van der Waals surface area contributed by atoms with Crippen LogP contribution in [0.25, 0.3) is 6.08 Å². The maximum atomic E-state index is 10.6. The van der Waals surface area contributed by atoms with Crippen molar-refractivity contribution in [3.05, 3.63) is 41.0 Å². The Hall–Kier alpha value is -2.08. The fraction of sp³-hybridized carbons (Fsp3) is 0.231. The second kappa shape index (κ2) is 5.13. The summed E-state index contributed by atoms with van der Waals surface area (Å²) < 4.78 is 0. The van der Waals surface area contributed by atoms with Crippen molar-refractivity contribution < 1.29 is 9.90 Å². The molecule has 0 radical (unpaired) electrons. The molecule has 0 spiro atoms. The number of rotatable bonds is 3. The van der Waals surface area contributed by atoms with Crippen LogP contribution < -0.4 is 0 Å². The molecule has 1 aromatic carbocycles. The molecule has 1 aromatic rings. The zero-order valence-electron chi connectivity index (χ0n) is 9.27. The quantitative estimate of drug-likeness (QED) is 0.623.